The van der Waals surface area contributed by atoms with E-state index in [9.17, 15) is 9.59 Å². The van der Waals surface area contributed by atoms with Crippen molar-refractivity contribution in [2.45, 2.75) is 39.2 Å². The summed E-state index contributed by atoms with van der Waals surface area (Å²) >= 11 is 0. The lowest BCUT2D eigenvalue weighted by Gasteiger charge is -2.32. The number of piperidine rings is 1. The summed E-state index contributed by atoms with van der Waals surface area (Å²) in [6.07, 6.45) is 0.781. The van der Waals surface area contributed by atoms with Gasteiger partial charge in [-0.15, -0.1) is 5.06 Å². The number of carbonyl (C=O) groups is 2. The standard InChI is InChI=1S/C13H24N2O5/c1-13(2,3)19-12(17)20-15-8-6-7-10(9-15)11(16)14(4)18-5/h10H,6-9H2,1-5H3/t10-/m0/s1. The highest BCUT2D eigenvalue weighted by Gasteiger charge is 2.31. The Balaban J connectivity index is 2.49. The van der Waals surface area contributed by atoms with Crippen LogP contribution >= 0.6 is 0 Å². The Morgan fingerprint density at radius 2 is 1.95 bits per heavy atom. The maximum Gasteiger partial charge on any atom is 0.528 e. The largest absolute Gasteiger partial charge is 0.528 e. The van der Waals surface area contributed by atoms with E-state index >= 15 is 0 Å². The minimum Gasteiger partial charge on any atom is -0.427 e. The van der Waals surface area contributed by atoms with Crippen LogP contribution in [0.4, 0.5) is 4.79 Å². The van der Waals surface area contributed by atoms with E-state index in [4.69, 9.17) is 14.4 Å². The first-order valence-corrected chi connectivity index (χ1v) is 6.70. The summed E-state index contributed by atoms with van der Waals surface area (Å²) in [4.78, 5) is 33.6. The van der Waals surface area contributed by atoms with E-state index in [2.05, 4.69) is 0 Å². The molecule has 0 aromatic rings. The van der Waals surface area contributed by atoms with Crippen LogP contribution < -0.4 is 0 Å². The van der Waals surface area contributed by atoms with Crippen LogP contribution in [0.3, 0.4) is 0 Å². The minimum atomic E-state index is -0.745. The van der Waals surface area contributed by atoms with Gasteiger partial charge in [-0.3, -0.25) is 9.63 Å². The molecule has 7 nitrogen and oxygen atoms in total. The van der Waals surface area contributed by atoms with Gasteiger partial charge in [0.15, 0.2) is 0 Å². The summed E-state index contributed by atoms with van der Waals surface area (Å²) in [5.74, 6) is -0.360. The van der Waals surface area contributed by atoms with Crippen LogP contribution in [-0.2, 0) is 19.2 Å². The molecule has 0 unspecified atom stereocenters. The van der Waals surface area contributed by atoms with Gasteiger partial charge in [0.05, 0.1) is 13.0 Å². The predicted molar refractivity (Wildman–Crippen MR) is 71.4 cm³/mol. The molecule has 1 fully saturated rings. The highest BCUT2D eigenvalue weighted by atomic mass is 16.8. The molecule has 1 aliphatic heterocycles. The minimum absolute atomic E-state index is 0.120. The maximum absolute atomic E-state index is 12.0. The summed E-state index contributed by atoms with van der Waals surface area (Å²) in [5, 5.41) is 2.67. The molecule has 20 heavy (non-hydrogen) atoms. The highest BCUT2D eigenvalue weighted by molar-refractivity contribution is 5.77. The van der Waals surface area contributed by atoms with Crippen LogP contribution in [0.5, 0.6) is 0 Å². The SMILES string of the molecule is CON(C)C(=O)[C@H]1CCCN(OC(=O)OC(C)(C)C)C1. The molecule has 1 aliphatic rings. The van der Waals surface area contributed by atoms with Crippen molar-refractivity contribution in [1.29, 1.82) is 0 Å². The van der Waals surface area contributed by atoms with Gasteiger partial charge in [-0.25, -0.2) is 9.86 Å². The third-order valence-corrected chi connectivity index (χ3v) is 2.91. The first-order valence-electron chi connectivity index (χ1n) is 6.70. The van der Waals surface area contributed by atoms with Gasteiger partial charge in [0, 0.05) is 20.1 Å². The number of ether oxygens (including phenoxy) is 1. The zero-order valence-corrected chi connectivity index (χ0v) is 12.8. The molecule has 0 radical (unpaired) electrons. The molecule has 116 valence electrons. The summed E-state index contributed by atoms with van der Waals surface area (Å²) < 4.78 is 5.08. The molecular weight excluding hydrogens is 264 g/mol. The van der Waals surface area contributed by atoms with Crippen LogP contribution in [-0.4, -0.2) is 55.0 Å². The Morgan fingerprint density at radius 1 is 1.30 bits per heavy atom. The number of hydrogen-bond donors (Lipinski definition) is 0. The number of hydroxylamine groups is 4. The average molecular weight is 288 g/mol. The lowest BCUT2D eigenvalue weighted by atomic mass is 9.98. The third-order valence-electron chi connectivity index (χ3n) is 2.91. The Kier molecular flexibility index (Phi) is 5.76. The topological polar surface area (TPSA) is 68.3 Å². The van der Waals surface area contributed by atoms with Crippen molar-refractivity contribution in [3.63, 3.8) is 0 Å². The quantitative estimate of drug-likeness (QED) is 0.580. The molecule has 1 heterocycles. The van der Waals surface area contributed by atoms with Gasteiger partial charge in [0.25, 0.3) is 0 Å². The van der Waals surface area contributed by atoms with Gasteiger partial charge in [-0.05, 0) is 33.6 Å². The second-order valence-corrected chi connectivity index (χ2v) is 5.80. The van der Waals surface area contributed by atoms with Crippen molar-refractivity contribution in [2.75, 3.05) is 27.2 Å². The molecule has 0 aromatic heterocycles. The smallest absolute Gasteiger partial charge is 0.427 e. The van der Waals surface area contributed by atoms with Gasteiger partial charge in [-0.1, -0.05) is 0 Å². The molecule has 0 aliphatic carbocycles. The van der Waals surface area contributed by atoms with Crippen LogP contribution in [0.2, 0.25) is 0 Å². The molecule has 1 saturated heterocycles. The van der Waals surface area contributed by atoms with Crippen molar-refractivity contribution in [3.8, 4) is 0 Å². The van der Waals surface area contributed by atoms with Crippen LogP contribution in [0.25, 0.3) is 0 Å². The van der Waals surface area contributed by atoms with Crippen molar-refractivity contribution in [3.05, 3.63) is 0 Å². The van der Waals surface area contributed by atoms with Crippen LogP contribution in [0, 0.1) is 5.92 Å². The number of nitrogens with zero attached hydrogens (tertiary/aromatic N) is 2. The fourth-order valence-electron chi connectivity index (χ4n) is 1.95. The molecule has 0 N–H and O–H groups in total. The Labute approximate surface area is 119 Å². The predicted octanol–water partition coefficient (Wildman–Crippen LogP) is 1.58. The van der Waals surface area contributed by atoms with E-state index in [-0.39, 0.29) is 11.8 Å². The zero-order valence-electron chi connectivity index (χ0n) is 12.8. The number of amides is 1. The fraction of sp³-hybridized carbons (Fsp3) is 0.846. The third kappa shape index (κ3) is 5.34. The second kappa shape index (κ2) is 6.90. The molecule has 0 aromatic carbocycles. The molecule has 0 spiro atoms. The first-order chi connectivity index (χ1) is 9.23. The monoisotopic (exact) mass is 288 g/mol. The number of hydrogen-bond acceptors (Lipinski definition) is 6. The fourth-order valence-corrected chi connectivity index (χ4v) is 1.95. The van der Waals surface area contributed by atoms with Gasteiger partial charge in [0.2, 0.25) is 5.91 Å². The van der Waals surface area contributed by atoms with Crippen molar-refractivity contribution in [1.82, 2.24) is 10.1 Å². The van der Waals surface area contributed by atoms with Crippen LogP contribution in [0.1, 0.15) is 33.6 Å². The van der Waals surface area contributed by atoms with Crippen molar-refractivity contribution in [2.24, 2.45) is 5.92 Å². The molecular formula is C13H24N2O5. The molecule has 1 atom stereocenters. The Bertz CT molecular complexity index is 353. The lowest BCUT2D eigenvalue weighted by Crippen LogP contribution is -2.44. The Morgan fingerprint density at radius 3 is 2.50 bits per heavy atom. The average Bonchev–Trinajstić information content (AvgIpc) is 2.34. The van der Waals surface area contributed by atoms with E-state index in [0.29, 0.717) is 13.1 Å². The molecule has 0 bridgehead atoms. The van der Waals surface area contributed by atoms with Gasteiger partial charge < -0.3 is 9.57 Å². The van der Waals surface area contributed by atoms with E-state index in [1.807, 2.05) is 0 Å². The van der Waals surface area contributed by atoms with Gasteiger partial charge in [0.1, 0.15) is 5.60 Å². The van der Waals surface area contributed by atoms with Gasteiger partial charge in [-0.2, -0.15) is 0 Å². The molecule has 7 heteroatoms. The van der Waals surface area contributed by atoms with E-state index in [0.717, 1.165) is 12.8 Å². The summed E-state index contributed by atoms with van der Waals surface area (Å²) in [7, 11) is 3.01. The second-order valence-electron chi connectivity index (χ2n) is 5.80. The maximum atomic E-state index is 12.0. The van der Waals surface area contributed by atoms with Gasteiger partial charge >= 0.3 is 6.16 Å². The Hall–Kier alpha value is -1.34. The van der Waals surface area contributed by atoms with Crippen LogP contribution in [0.15, 0.2) is 0 Å². The van der Waals surface area contributed by atoms with E-state index in [1.165, 1.54) is 17.2 Å². The first kappa shape index (κ1) is 16.7. The lowest BCUT2D eigenvalue weighted by molar-refractivity contribution is -0.188. The zero-order chi connectivity index (χ0) is 15.3. The van der Waals surface area contributed by atoms with Crippen molar-refractivity contribution < 1.29 is 24.0 Å². The summed E-state index contributed by atoms with van der Waals surface area (Å²) in [6.45, 7) is 6.25. The summed E-state index contributed by atoms with van der Waals surface area (Å²) in [5.41, 5.74) is -0.599. The normalized spacial score (nSPS) is 20.4. The van der Waals surface area contributed by atoms with E-state index < -0.39 is 11.8 Å². The summed E-state index contributed by atoms with van der Waals surface area (Å²) in [6, 6.07) is 0. The molecule has 0 saturated carbocycles. The number of carbonyl (C=O) groups excluding carboxylic acids is 2. The number of rotatable bonds is 3. The molecule has 1 rings (SSSR count). The van der Waals surface area contributed by atoms with Crippen molar-refractivity contribution >= 4 is 12.1 Å². The van der Waals surface area contributed by atoms with E-state index in [1.54, 1.807) is 27.8 Å². The highest BCUT2D eigenvalue weighted by Crippen LogP contribution is 2.19. The molecule has 1 amide bonds.